The van der Waals surface area contributed by atoms with Gasteiger partial charge in [-0.1, -0.05) is 41.9 Å². The average Bonchev–Trinajstić information content (AvgIpc) is 2.29. The monoisotopic (exact) mass is 217 g/mol. The summed E-state index contributed by atoms with van der Waals surface area (Å²) in [7, 11) is 0. The summed E-state index contributed by atoms with van der Waals surface area (Å²) in [6.45, 7) is 0.564. The predicted molar refractivity (Wildman–Crippen MR) is 64.8 cm³/mol. The van der Waals surface area contributed by atoms with Crippen molar-refractivity contribution in [3.8, 4) is 11.1 Å². The van der Waals surface area contributed by atoms with Gasteiger partial charge in [0.1, 0.15) is 0 Å². The fourth-order valence-electron chi connectivity index (χ4n) is 1.55. The standard InChI is InChI=1S/C13H12ClN/c14-13-6-2-5-12(8-13)11-4-1-3-10(7-11)9-15/h1-8H,9,15H2. The largest absolute Gasteiger partial charge is 0.326 e. The SMILES string of the molecule is NCc1cccc(-c2cccc(Cl)c2)c1. The number of hydrogen-bond donors (Lipinski definition) is 1. The van der Waals surface area contributed by atoms with E-state index in [1.807, 2.05) is 36.4 Å². The molecule has 0 heterocycles. The molecule has 0 amide bonds. The van der Waals surface area contributed by atoms with Gasteiger partial charge in [-0.15, -0.1) is 0 Å². The van der Waals surface area contributed by atoms with Crippen molar-refractivity contribution in [2.45, 2.75) is 6.54 Å². The van der Waals surface area contributed by atoms with Crippen molar-refractivity contribution >= 4 is 11.6 Å². The fourth-order valence-corrected chi connectivity index (χ4v) is 1.74. The topological polar surface area (TPSA) is 26.0 Å². The third-order valence-electron chi connectivity index (χ3n) is 2.32. The summed E-state index contributed by atoms with van der Waals surface area (Å²) < 4.78 is 0. The molecule has 0 bridgehead atoms. The van der Waals surface area contributed by atoms with E-state index in [1.54, 1.807) is 0 Å². The van der Waals surface area contributed by atoms with Gasteiger partial charge in [0, 0.05) is 11.6 Å². The summed E-state index contributed by atoms with van der Waals surface area (Å²) in [5.74, 6) is 0. The van der Waals surface area contributed by atoms with Gasteiger partial charge in [0.2, 0.25) is 0 Å². The van der Waals surface area contributed by atoms with Gasteiger partial charge in [-0.2, -0.15) is 0 Å². The number of nitrogens with two attached hydrogens (primary N) is 1. The summed E-state index contributed by atoms with van der Waals surface area (Å²) in [5, 5.41) is 0.755. The molecule has 2 aromatic rings. The van der Waals surface area contributed by atoms with Crippen molar-refractivity contribution in [1.82, 2.24) is 0 Å². The summed E-state index contributed by atoms with van der Waals surface area (Å²) in [5.41, 5.74) is 9.01. The molecule has 0 saturated heterocycles. The predicted octanol–water partition coefficient (Wildman–Crippen LogP) is 3.47. The Morgan fingerprint density at radius 2 is 1.60 bits per heavy atom. The van der Waals surface area contributed by atoms with Crippen molar-refractivity contribution < 1.29 is 0 Å². The fraction of sp³-hybridized carbons (Fsp3) is 0.0769. The van der Waals surface area contributed by atoms with E-state index >= 15 is 0 Å². The second-order valence-electron chi connectivity index (χ2n) is 3.41. The normalized spacial score (nSPS) is 10.3. The third kappa shape index (κ3) is 2.38. The lowest BCUT2D eigenvalue weighted by Crippen LogP contribution is -1.95. The van der Waals surface area contributed by atoms with Gasteiger partial charge in [0.25, 0.3) is 0 Å². The zero-order valence-corrected chi connectivity index (χ0v) is 9.04. The highest BCUT2D eigenvalue weighted by atomic mass is 35.5. The van der Waals surface area contributed by atoms with Crippen LogP contribution in [0.15, 0.2) is 48.5 Å². The number of halogens is 1. The highest BCUT2D eigenvalue weighted by Gasteiger charge is 1.98. The van der Waals surface area contributed by atoms with Gasteiger partial charge < -0.3 is 5.73 Å². The summed E-state index contributed by atoms with van der Waals surface area (Å²) in [4.78, 5) is 0. The number of benzene rings is 2. The molecule has 1 nitrogen and oxygen atoms in total. The lowest BCUT2D eigenvalue weighted by Gasteiger charge is -2.04. The van der Waals surface area contributed by atoms with Gasteiger partial charge in [-0.25, -0.2) is 0 Å². The maximum absolute atomic E-state index is 5.94. The van der Waals surface area contributed by atoms with E-state index in [1.165, 1.54) is 0 Å². The molecule has 2 N–H and O–H groups in total. The van der Waals surface area contributed by atoms with Gasteiger partial charge in [0.15, 0.2) is 0 Å². The third-order valence-corrected chi connectivity index (χ3v) is 2.56. The second kappa shape index (κ2) is 4.47. The van der Waals surface area contributed by atoms with E-state index in [4.69, 9.17) is 17.3 Å². The number of rotatable bonds is 2. The van der Waals surface area contributed by atoms with E-state index < -0.39 is 0 Å². The number of hydrogen-bond acceptors (Lipinski definition) is 1. The molecule has 76 valence electrons. The minimum absolute atomic E-state index is 0.564. The Hall–Kier alpha value is -1.31. The molecule has 0 aliphatic carbocycles. The van der Waals surface area contributed by atoms with Crippen molar-refractivity contribution in [1.29, 1.82) is 0 Å². The molecule has 0 aromatic heterocycles. The first kappa shape index (κ1) is 10.2. The van der Waals surface area contributed by atoms with E-state index in [0.29, 0.717) is 6.54 Å². The van der Waals surface area contributed by atoms with Crippen molar-refractivity contribution in [3.05, 3.63) is 59.1 Å². The molecule has 0 radical (unpaired) electrons. The Morgan fingerprint density at radius 1 is 0.933 bits per heavy atom. The summed E-state index contributed by atoms with van der Waals surface area (Å²) in [6, 6.07) is 16.0. The van der Waals surface area contributed by atoms with Crippen molar-refractivity contribution in [2.75, 3.05) is 0 Å². The van der Waals surface area contributed by atoms with Crippen LogP contribution in [0, 0.1) is 0 Å². The van der Waals surface area contributed by atoms with Crippen LogP contribution < -0.4 is 5.73 Å². The first-order chi connectivity index (χ1) is 7.29. The quantitative estimate of drug-likeness (QED) is 0.819. The smallest absolute Gasteiger partial charge is 0.0412 e. The van der Waals surface area contributed by atoms with Gasteiger partial charge in [0.05, 0.1) is 0 Å². The van der Waals surface area contributed by atoms with E-state index in [9.17, 15) is 0 Å². The molecule has 0 saturated carbocycles. The summed E-state index contributed by atoms with van der Waals surface area (Å²) >= 11 is 5.94. The summed E-state index contributed by atoms with van der Waals surface area (Å²) in [6.07, 6.45) is 0. The zero-order chi connectivity index (χ0) is 10.7. The molecular formula is C13H12ClN. The minimum atomic E-state index is 0.564. The van der Waals surface area contributed by atoms with Crippen LogP contribution >= 0.6 is 11.6 Å². The van der Waals surface area contributed by atoms with Gasteiger partial charge in [-0.3, -0.25) is 0 Å². The Kier molecular flexibility index (Phi) is 3.05. The zero-order valence-electron chi connectivity index (χ0n) is 8.28. The van der Waals surface area contributed by atoms with Crippen LogP contribution in [0.2, 0.25) is 5.02 Å². The van der Waals surface area contributed by atoms with E-state index in [0.717, 1.165) is 21.7 Å². The molecule has 0 aliphatic rings. The molecule has 0 unspecified atom stereocenters. The first-order valence-corrected chi connectivity index (χ1v) is 5.22. The highest BCUT2D eigenvalue weighted by Crippen LogP contribution is 2.23. The Morgan fingerprint density at radius 3 is 2.27 bits per heavy atom. The van der Waals surface area contributed by atoms with Gasteiger partial charge >= 0.3 is 0 Å². The van der Waals surface area contributed by atoms with E-state index in [2.05, 4.69) is 12.1 Å². The van der Waals surface area contributed by atoms with Gasteiger partial charge in [-0.05, 0) is 34.9 Å². The lowest BCUT2D eigenvalue weighted by atomic mass is 10.0. The van der Waals surface area contributed by atoms with Crippen LogP contribution in [-0.2, 0) is 6.54 Å². The molecule has 0 spiro atoms. The maximum Gasteiger partial charge on any atom is 0.0412 e. The average molecular weight is 218 g/mol. The van der Waals surface area contributed by atoms with Crippen LogP contribution in [0.1, 0.15) is 5.56 Å². The van der Waals surface area contributed by atoms with Crippen LogP contribution in [0.25, 0.3) is 11.1 Å². The van der Waals surface area contributed by atoms with Crippen molar-refractivity contribution in [3.63, 3.8) is 0 Å². The lowest BCUT2D eigenvalue weighted by molar-refractivity contribution is 1.07. The minimum Gasteiger partial charge on any atom is -0.326 e. The van der Waals surface area contributed by atoms with Crippen molar-refractivity contribution in [2.24, 2.45) is 5.73 Å². The molecule has 0 fully saturated rings. The first-order valence-electron chi connectivity index (χ1n) is 4.84. The molecule has 0 aliphatic heterocycles. The van der Waals surface area contributed by atoms with Crippen LogP contribution in [0.5, 0.6) is 0 Å². The van der Waals surface area contributed by atoms with Crippen LogP contribution in [0.3, 0.4) is 0 Å². The van der Waals surface area contributed by atoms with Crippen LogP contribution in [0.4, 0.5) is 0 Å². The molecule has 0 atom stereocenters. The maximum atomic E-state index is 5.94. The van der Waals surface area contributed by atoms with Crippen LogP contribution in [-0.4, -0.2) is 0 Å². The second-order valence-corrected chi connectivity index (χ2v) is 3.85. The Balaban J connectivity index is 2.44. The Bertz CT molecular complexity index is 466. The van der Waals surface area contributed by atoms with E-state index in [-0.39, 0.29) is 0 Å². The molecule has 2 aromatic carbocycles. The Labute approximate surface area is 94.5 Å². The molecule has 2 rings (SSSR count). The highest BCUT2D eigenvalue weighted by molar-refractivity contribution is 6.30. The molecule has 15 heavy (non-hydrogen) atoms. The molecule has 2 heteroatoms. The molecular weight excluding hydrogens is 206 g/mol.